The minimum absolute atomic E-state index is 0.140. The van der Waals surface area contributed by atoms with Gasteiger partial charge in [0, 0.05) is 6.08 Å². The number of hydrogen-bond acceptors (Lipinski definition) is 2. The molecule has 0 unspecified atom stereocenters. The van der Waals surface area contributed by atoms with Crippen LogP contribution in [-0.4, -0.2) is 5.78 Å². The first-order valence-corrected chi connectivity index (χ1v) is 7.38. The van der Waals surface area contributed by atoms with Gasteiger partial charge >= 0.3 is 0 Å². The normalized spacial score (nSPS) is 9.79. The van der Waals surface area contributed by atoms with E-state index >= 15 is 0 Å². The van der Waals surface area contributed by atoms with Crippen LogP contribution in [0.4, 0.5) is 0 Å². The van der Waals surface area contributed by atoms with Gasteiger partial charge < -0.3 is 0 Å². The van der Waals surface area contributed by atoms with E-state index in [9.17, 15) is 4.79 Å². The summed E-state index contributed by atoms with van der Waals surface area (Å²) < 4.78 is 0. The molecule has 0 bridgehead atoms. The van der Waals surface area contributed by atoms with Gasteiger partial charge in [-0.15, -0.1) is 0 Å². The van der Waals surface area contributed by atoms with Gasteiger partial charge in [0.15, 0.2) is 5.78 Å². The van der Waals surface area contributed by atoms with E-state index in [2.05, 4.69) is 13.2 Å². The van der Waals surface area contributed by atoms with Crippen molar-refractivity contribution in [3.05, 3.63) is 103 Å². The van der Waals surface area contributed by atoms with Crippen LogP contribution in [0.3, 0.4) is 0 Å². The molecule has 0 aliphatic rings. The van der Waals surface area contributed by atoms with Crippen molar-refractivity contribution in [2.24, 2.45) is 0 Å². The molecule has 118 valence electrons. The Morgan fingerprint density at radius 2 is 1.50 bits per heavy atom. The number of nitriles is 1. The summed E-state index contributed by atoms with van der Waals surface area (Å²) in [6, 6.07) is 19.5. The Morgan fingerprint density at radius 1 is 0.917 bits per heavy atom. The zero-order valence-electron chi connectivity index (χ0n) is 13.4. The molecule has 2 heteroatoms. The van der Waals surface area contributed by atoms with Crippen molar-refractivity contribution in [2.45, 2.75) is 0 Å². The van der Waals surface area contributed by atoms with E-state index < -0.39 is 0 Å². The molecular weight excluding hydrogens is 294 g/mol. The fraction of sp³-hybridized carbons (Fsp3) is 0. The quantitative estimate of drug-likeness (QED) is 0.553. The van der Waals surface area contributed by atoms with Crippen LogP contribution >= 0.6 is 0 Å². The summed E-state index contributed by atoms with van der Waals surface area (Å²) in [7, 11) is 0. The summed E-state index contributed by atoms with van der Waals surface area (Å²) in [5, 5.41) is 8.45. The molecule has 0 atom stereocenters. The van der Waals surface area contributed by atoms with E-state index in [0.29, 0.717) is 0 Å². The van der Waals surface area contributed by atoms with Crippen LogP contribution in [-0.2, 0) is 4.79 Å². The molecule has 0 fully saturated rings. The molecule has 0 aliphatic carbocycles. The monoisotopic (exact) mass is 313 g/mol. The van der Waals surface area contributed by atoms with Crippen molar-refractivity contribution in [1.29, 1.82) is 5.26 Å². The van der Waals surface area contributed by atoms with Crippen LogP contribution in [0.1, 0.15) is 16.7 Å². The van der Waals surface area contributed by atoms with Gasteiger partial charge in [0.25, 0.3) is 0 Å². The van der Waals surface area contributed by atoms with Gasteiger partial charge in [-0.1, -0.05) is 79.9 Å². The first-order valence-electron chi connectivity index (χ1n) is 7.38. The van der Waals surface area contributed by atoms with Crippen molar-refractivity contribution in [2.75, 3.05) is 0 Å². The van der Waals surface area contributed by atoms with Crippen LogP contribution in [0.15, 0.2) is 86.0 Å². The largest absolute Gasteiger partial charge is 0.290 e. The summed E-state index contributed by atoms with van der Waals surface area (Å²) in [4.78, 5) is 11.0. The standard InChI is InChI=1S/C14H11NO.C8H8/c1-2-14(16)10-9-13-7-4-3-6-12(13)8-5-11-15;1-2-8-6-4-3-5-7-8/h2-10H,1H2;2-7H,1H2. The Bertz CT molecular complexity index is 777. The summed E-state index contributed by atoms with van der Waals surface area (Å²) in [5.41, 5.74) is 2.97. The van der Waals surface area contributed by atoms with Gasteiger partial charge in [-0.25, -0.2) is 0 Å². The number of rotatable bonds is 5. The fourth-order valence-corrected chi connectivity index (χ4v) is 1.77. The summed E-state index contributed by atoms with van der Waals surface area (Å²) in [6.45, 7) is 7.02. The lowest BCUT2D eigenvalue weighted by atomic mass is 10.1. The van der Waals surface area contributed by atoms with Crippen molar-refractivity contribution < 1.29 is 4.79 Å². The number of carbonyl (C=O) groups is 1. The molecule has 0 heterocycles. The average Bonchev–Trinajstić information content (AvgIpc) is 2.66. The maximum Gasteiger partial charge on any atom is 0.178 e. The number of nitrogens with zero attached hydrogens (tertiary/aromatic N) is 1. The number of allylic oxidation sites excluding steroid dienone is 3. The van der Waals surface area contributed by atoms with Crippen LogP contribution in [0.2, 0.25) is 0 Å². The predicted molar refractivity (Wildman–Crippen MR) is 102 cm³/mol. The lowest BCUT2D eigenvalue weighted by Crippen LogP contribution is -1.84. The number of carbonyl (C=O) groups excluding carboxylic acids is 1. The number of ketones is 1. The molecule has 0 spiro atoms. The predicted octanol–water partition coefficient (Wildman–Crippen LogP) is 5.32. The smallest absolute Gasteiger partial charge is 0.178 e. The van der Waals surface area contributed by atoms with Crippen LogP contribution in [0.5, 0.6) is 0 Å². The fourth-order valence-electron chi connectivity index (χ4n) is 1.77. The molecule has 24 heavy (non-hydrogen) atoms. The Hall–Kier alpha value is -3.44. The molecule has 2 rings (SSSR count). The Morgan fingerprint density at radius 3 is 2.00 bits per heavy atom. The lowest BCUT2D eigenvalue weighted by molar-refractivity contribution is -0.110. The number of hydrogen-bond donors (Lipinski definition) is 0. The van der Waals surface area contributed by atoms with E-state index in [1.54, 1.807) is 12.2 Å². The van der Waals surface area contributed by atoms with E-state index in [0.717, 1.165) is 11.1 Å². The van der Waals surface area contributed by atoms with Crippen LogP contribution < -0.4 is 0 Å². The molecular formula is C22H19NO. The van der Waals surface area contributed by atoms with Gasteiger partial charge in [-0.05, 0) is 34.9 Å². The highest BCUT2D eigenvalue weighted by atomic mass is 16.1. The van der Waals surface area contributed by atoms with Gasteiger partial charge in [0.2, 0.25) is 0 Å². The molecule has 2 aromatic carbocycles. The van der Waals surface area contributed by atoms with E-state index in [1.807, 2.05) is 66.7 Å². The summed E-state index contributed by atoms with van der Waals surface area (Å²) in [5.74, 6) is -0.140. The first-order chi connectivity index (χ1) is 11.7. The zero-order chi connectivity index (χ0) is 17.6. The molecule has 0 aliphatic heterocycles. The molecule has 0 radical (unpaired) electrons. The Labute approximate surface area is 143 Å². The SMILES string of the molecule is C=CC(=O)C=Cc1ccccc1C=CC#N.C=Cc1ccccc1. The average molecular weight is 313 g/mol. The van der Waals surface area contributed by atoms with Gasteiger partial charge in [0.1, 0.15) is 0 Å². The van der Waals surface area contributed by atoms with Gasteiger partial charge in [0.05, 0.1) is 6.07 Å². The first kappa shape index (κ1) is 18.6. The maximum absolute atomic E-state index is 11.0. The third kappa shape index (κ3) is 7.02. The highest BCUT2D eigenvalue weighted by molar-refractivity contribution is 6.01. The highest BCUT2D eigenvalue weighted by Gasteiger charge is 1.94. The third-order valence-corrected chi connectivity index (χ3v) is 3.00. The molecule has 0 amide bonds. The molecule has 2 aromatic rings. The molecule has 0 saturated carbocycles. The molecule has 0 saturated heterocycles. The molecule has 0 aromatic heterocycles. The number of benzene rings is 2. The van der Waals surface area contributed by atoms with Crippen molar-refractivity contribution in [3.8, 4) is 6.07 Å². The van der Waals surface area contributed by atoms with E-state index in [1.165, 1.54) is 23.8 Å². The van der Waals surface area contributed by atoms with Crippen molar-refractivity contribution >= 4 is 24.0 Å². The summed E-state index contributed by atoms with van der Waals surface area (Å²) >= 11 is 0. The summed E-state index contributed by atoms with van der Waals surface area (Å²) in [6.07, 6.45) is 9.36. The van der Waals surface area contributed by atoms with E-state index in [-0.39, 0.29) is 5.78 Å². The molecule has 2 nitrogen and oxygen atoms in total. The van der Waals surface area contributed by atoms with Crippen LogP contribution in [0.25, 0.3) is 18.2 Å². The van der Waals surface area contributed by atoms with E-state index in [4.69, 9.17) is 5.26 Å². The second-order valence-corrected chi connectivity index (χ2v) is 4.65. The maximum atomic E-state index is 11.0. The Kier molecular flexibility index (Phi) is 8.66. The minimum Gasteiger partial charge on any atom is -0.290 e. The third-order valence-electron chi connectivity index (χ3n) is 3.00. The zero-order valence-corrected chi connectivity index (χ0v) is 13.4. The minimum atomic E-state index is -0.140. The highest BCUT2D eigenvalue weighted by Crippen LogP contribution is 2.12. The van der Waals surface area contributed by atoms with Gasteiger partial charge in [-0.3, -0.25) is 4.79 Å². The second-order valence-electron chi connectivity index (χ2n) is 4.65. The molecule has 0 N–H and O–H groups in total. The van der Waals surface area contributed by atoms with Crippen molar-refractivity contribution in [1.82, 2.24) is 0 Å². The lowest BCUT2D eigenvalue weighted by Gasteiger charge is -1.98. The van der Waals surface area contributed by atoms with Crippen LogP contribution in [0, 0.1) is 11.3 Å². The Balaban J connectivity index is 0.000000300. The van der Waals surface area contributed by atoms with Crippen molar-refractivity contribution in [3.63, 3.8) is 0 Å². The topological polar surface area (TPSA) is 40.9 Å². The van der Waals surface area contributed by atoms with Gasteiger partial charge in [-0.2, -0.15) is 5.26 Å². The second kappa shape index (κ2) is 11.2.